The lowest BCUT2D eigenvalue weighted by Gasteiger charge is -2.35. The lowest BCUT2D eigenvalue weighted by atomic mass is 9.81. The van der Waals surface area contributed by atoms with Gasteiger partial charge in [-0.15, -0.1) is 0 Å². The molecule has 0 saturated carbocycles. The number of piperidine rings is 1. The second-order valence-electron chi connectivity index (χ2n) is 13.6. The van der Waals surface area contributed by atoms with Crippen molar-refractivity contribution in [3.05, 3.63) is 0 Å². The molecule has 0 radical (unpaired) electrons. The smallest absolute Gasteiger partial charge is 0.0593 e. The molecule has 2 unspecified atom stereocenters. The Hall–Kier alpha value is -0.200. The molecule has 0 bridgehead atoms. The van der Waals surface area contributed by atoms with Gasteiger partial charge in [0.15, 0.2) is 0 Å². The summed E-state index contributed by atoms with van der Waals surface area (Å²) >= 11 is 0. The van der Waals surface area contributed by atoms with Crippen LogP contribution in [-0.4, -0.2) is 112 Å². The molecule has 0 aromatic rings. The predicted octanol–water partition coefficient (Wildman–Crippen LogP) is 5.80. The van der Waals surface area contributed by atoms with Crippen LogP contribution in [-0.2, 0) is 4.74 Å². The van der Waals surface area contributed by atoms with Crippen LogP contribution in [0.4, 0.5) is 0 Å². The first-order chi connectivity index (χ1) is 17.7. The van der Waals surface area contributed by atoms with E-state index in [9.17, 15) is 0 Å². The van der Waals surface area contributed by atoms with E-state index in [2.05, 4.69) is 68.2 Å². The Kier molecular flexibility index (Phi) is 16.9. The summed E-state index contributed by atoms with van der Waals surface area (Å²) < 4.78 is 6.00. The maximum Gasteiger partial charge on any atom is 0.0593 e. The number of piperazine rings is 1. The zero-order valence-electron chi connectivity index (χ0n) is 26.2. The monoisotopic (exact) mass is 523 g/mol. The molecule has 220 valence electrons. The second-order valence-corrected chi connectivity index (χ2v) is 13.6. The maximum absolute atomic E-state index is 6.00. The lowest BCUT2D eigenvalue weighted by Crippen LogP contribution is -2.48. The van der Waals surface area contributed by atoms with Crippen LogP contribution in [0.15, 0.2) is 0 Å². The van der Waals surface area contributed by atoms with Crippen LogP contribution < -0.4 is 0 Å². The molecule has 2 aliphatic heterocycles. The van der Waals surface area contributed by atoms with E-state index in [1.807, 2.05) is 0 Å². The highest BCUT2D eigenvalue weighted by atomic mass is 16.5. The van der Waals surface area contributed by atoms with E-state index in [4.69, 9.17) is 4.74 Å². The third-order valence-corrected chi connectivity index (χ3v) is 8.87. The Morgan fingerprint density at radius 2 is 1.35 bits per heavy atom. The van der Waals surface area contributed by atoms with Gasteiger partial charge in [-0.2, -0.15) is 0 Å². The van der Waals surface area contributed by atoms with Gasteiger partial charge < -0.3 is 19.4 Å². The fourth-order valence-corrected chi connectivity index (χ4v) is 6.49. The van der Waals surface area contributed by atoms with Crippen LogP contribution in [0.5, 0.6) is 0 Å². The lowest BCUT2D eigenvalue weighted by molar-refractivity contribution is 0.0697. The highest BCUT2D eigenvalue weighted by Gasteiger charge is 2.24. The van der Waals surface area contributed by atoms with Gasteiger partial charge in [0, 0.05) is 52.4 Å². The average Bonchev–Trinajstić information content (AvgIpc) is 2.85. The molecule has 37 heavy (non-hydrogen) atoms. The molecule has 2 atom stereocenters. The minimum atomic E-state index is 0.773. The van der Waals surface area contributed by atoms with Crippen LogP contribution in [0.25, 0.3) is 0 Å². The van der Waals surface area contributed by atoms with Crippen molar-refractivity contribution >= 4 is 0 Å². The van der Waals surface area contributed by atoms with E-state index in [1.54, 1.807) is 0 Å². The Morgan fingerprint density at radius 1 is 0.703 bits per heavy atom. The van der Waals surface area contributed by atoms with E-state index >= 15 is 0 Å². The zero-order chi connectivity index (χ0) is 27.0. The van der Waals surface area contributed by atoms with Crippen molar-refractivity contribution in [3.8, 4) is 0 Å². The summed E-state index contributed by atoms with van der Waals surface area (Å²) in [5.41, 5.74) is 0. The van der Waals surface area contributed by atoms with E-state index in [0.29, 0.717) is 0 Å². The van der Waals surface area contributed by atoms with Gasteiger partial charge in [-0.1, -0.05) is 54.4 Å². The van der Waals surface area contributed by atoms with Crippen molar-refractivity contribution in [1.29, 1.82) is 0 Å². The van der Waals surface area contributed by atoms with E-state index < -0.39 is 0 Å². The summed E-state index contributed by atoms with van der Waals surface area (Å²) in [7, 11) is 2.28. The minimum absolute atomic E-state index is 0.773. The standard InChI is InChI=1S/C32H66N4O/c1-28(2)26-33(7)15-9-16-34-17-13-32(14-18-34)31(6)12-11-30(5)10-8-24-37-25-23-35-19-21-36(22-20-35)27-29(3)4/h28-32H,8-27H2,1-7H3. The Bertz CT molecular complexity index is 541. The maximum atomic E-state index is 6.00. The number of hydrogen-bond donors (Lipinski definition) is 0. The summed E-state index contributed by atoms with van der Waals surface area (Å²) in [5.74, 6) is 4.22. The third kappa shape index (κ3) is 15.2. The molecule has 0 spiro atoms. The van der Waals surface area contributed by atoms with Crippen LogP contribution in [0, 0.1) is 29.6 Å². The topological polar surface area (TPSA) is 22.2 Å². The minimum Gasteiger partial charge on any atom is -0.380 e. The van der Waals surface area contributed by atoms with Crippen LogP contribution in [0.3, 0.4) is 0 Å². The Labute approximate surface area is 232 Å². The fourth-order valence-electron chi connectivity index (χ4n) is 6.49. The molecule has 0 aliphatic carbocycles. The normalized spacial score (nSPS) is 20.9. The first-order valence-electron chi connectivity index (χ1n) is 16.2. The Morgan fingerprint density at radius 3 is 2.00 bits per heavy atom. The molecule has 5 nitrogen and oxygen atoms in total. The zero-order valence-corrected chi connectivity index (χ0v) is 26.2. The van der Waals surface area contributed by atoms with Crippen LogP contribution in [0.2, 0.25) is 0 Å². The number of hydrogen-bond acceptors (Lipinski definition) is 5. The van der Waals surface area contributed by atoms with Gasteiger partial charge in [-0.25, -0.2) is 0 Å². The van der Waals surface area contributed by atoms with Gasteiger partial charge in [0.25, 0.3) is 0 Å². The summed E-state index contributed by atoms with van der Waals surface area (Å²) in [4.78, 5) is 10.4. The van der Waals surface area contributed by atoms with Crippen molar-refractivity contribution < 1.29 is 4.74 Å². The molecule has 5 heteroatoms. The third-order valence-electron chi connectivity index (χ3n) is 8.87. The molecule has 2 aliphatic rings. The number of rotatable bonds is 19. The molecule has 0 N–H and O–H groups in total. The van der Waals surface area contributed by atoms with Gasteiger partial charge in [0.1, 0.15) is 0 Å². The molecule has 2 rings (SSSR count). The van der Waals surface area contributed by atoms with Gasteiger partial charge in [0.05, 0.1) is 6.61 Å². The van der Waals surface area contributed by atoms with Gasteiger partial charge >= 0.3 is 0 Å². The second kappa shape index (κ2) is 19.0. The van der Waals surface area contributed by atoms with E-state index in [0.717, 1.165) is 49.3 Å². The predicted molar refractivity (Wildman–Crippen MR) is 161 cm³/mol. The number of ether oxygens (including phenoxy) is 1. The highest BCUT2D eigenvalue weighted by Crippen LogP contribution is 2.29. The summed E-state index contributed by atoms with van der Waals surface area (Å²) in [5, 5.41) is 0. The first kappa shape index (κ1) is 33.0. The number of nitrogens with zero attached hydrogens (tertiary/aromatic N) is 4. The average molecular weight is 523 g/mol. The van der Waals surface area contributed by atoms with Crippen molar-refractivity contribution in [1.82, 2.24) is 19.6 Å². The molecule has 2 heterocycles. The number of likely N-dealkylation sites (tertiary alicyclic amines) is 1. The molecule has 2 fully saturated rings. The summed E-state index contributed by atoms with van der Waals surface area (Å²) in [6.45, 7) is 29.7. The quantitative estimate of drug-likeness (QED) is 0.199. The van der Waals surface area contributed by atoms with E-state index in [1.165, 1.54) is 110 Å². The molecular weight excluding hydrogens is 456 g/mol. The first-order valence-corrected chi connectivity index (χ1v) is 16.2. The largest absolute Gasteiger partial charge is 0.380 e. The van der Waals surface area contributed by atoms with Crippen molar-refractivity contribution in [2.45, 2.75) is 86.5 Å². The van der Waals surface area contributed by atoms with Gasteiger partial charge in [-0.3, -0.25) is 4.90 Å². The van der Waals surface area contributed by atoms with Crippen LogP contribution in [0.1, 0.15) is 86.5 Å². The van der Waals surface area contributed by atoms with Crippen molar-refractivity contribution in [3.63, 3.8) is 0 Å². The molecular formula is C32H66N4O. The van der Waals surface area contributed by atoms with Crippen molar-refractivity contribution in [2.75, 3.05) is 92.3 Å². The summed E-state index contributed by atoms with van der Waals surface area (Å²) in [6, 6.07) is 0. The summed E-state index contributed by atoms with van der Waals surface area (Å²) in [6.07, 6.45) is 9.50. The van der Waals surface area contributed by atoms with Crippen molar-refractivity contribution in [2.24, 2.45) is 29.6 Å². The highest BCUT2D eigenvalue weighted by molar-refractivity contribution is 4.77. The molecule has 0 aromatic carbocycles. The SMILES string of the molecule is CC(C)CN(C)CCCN1CCC(C(C)CCC(C)CCCOCCN2CCN(CC(C)C)CC2)CC1. The van der Waals surface area contributed by atoms with Gasteiger partial charge in [-0.05, 0) is 94.9 Å². The van der Waals surface area contributed by atoms with E-state index in [-0.39, 0.29) is 0 Å². The molecule has 0 aromatic heterocycles. The molecule has 2 saturated heterocycles. The van der Waals surface area contributed by atoms with Gasteiger partial charge in [0.2, 0.25) is 0 Å². The Balaban J connectivity index is 1.42. The fraction of sp³-hybridized carbons (Fsp3) is 1.00. The van der Waals surface area contributed by atoms with Crippen LogP contribution >= 0.6 is 0 Å². The molecule has 0 amide bonds.